The van der Waals surface area contributed by atoms with Gasteiger partial charge >= 0.3 is 0 Å². The van der Waals surface area contributed by atoms with E-state index in [2.05, 4.69) is 0 Å². The van der Waals surface area contributed by atoms with Gasteiger partial charge in [0.1, 0.15) is 12.1 Å². The van der Waals surface area contributed by atoms with Crippen molar-refractivity contribution in [2.75, 3.05) is 0 Å². The van der Waals surface area contributed by atoms with Gasteiger partial charge < -0.3 is 0 Å². The molecule has 1 aromatic rings. The van der Waals surface area contributed by atoms with Gasteiger partial charge in [0, 0.05) is 5.56 Å². The highest BCUT2D eigenvalue weighted by atomic mass is 19.1. The zero-order valence-electron chi connectivity index (χ0n) is 6.75. The van der Waals surface area contributed by atoms with Gasteiger partial charge in [-0.1, -0.05) is 11.6 Å². The molecule has 0 amide bonds. The number of aryl methyl sites for hydroxylation is 1. The van der Waals surface area contributed by atoms with Crippen molar-refractivity contribution in [1.29, 1.82) is 0 Å². The maximum atomic E-state index is 12.9. The van der Waals surface area contributed by atoms with Crippen LogP contribution in [0.3, 0.4) is 0 Å². The summed E-state index contributed by atoms with van der Waals surface area (Å²) >= 11 is 0. The Morgan fingerprint density at radius 1 is 1.42 bits per heavy atom. The fraction of sp³-hybridized carbons (Fsp3) is 0.100. The molecule has 0 bridgehead atoms. The lowest BCUT2D eigenvalue weighted by molar-refractivity contribution is -0.104. The summed E-state index contributed by atoms with van der Waals surface area (Å²) in [6.07, 6.45) is 3.36. The molecule has 0 radical (unpaired) electrons. The lowest BCUT2D eigenvalue weighted by Gasteiger charge is -1.97. The molecule has 0 saturated carbocycles. The first-order valence-electron chi connectivity index (χ1n) is 3.62. The number of benzene rings is 1. The summed E-state index contributed by atoms with van der Waals surface area (Å²) in [5, 5.41) is 0. The number of halogens is 1. The van der Waals surface area contributed by atoms with E-state index in [1.165, 1.54) is 18.2 Å². The Morgan fingerprint density at radius 2 is 2.17 bits per heavy atom. The van der Waals surface area contributed by atoms with Crippen LogP contribution in [0.25, 0.3) is 6.08 Å². The fourth-order valence-electron chi connectivity index (χ4n) is 0.934. The first-order chi connectivity index (χ1) is 5.74. The summed E-state index contributed by atoms with van der Waals surface area (Å²) in [6.45, 7) is 1.87. The van der Waals surface area contributed by atoms with Crippen LogP contribution in [0, 0.1) is 12.7 Å². The largest absolute Gasteiger partial charge is 0.299 e. The van der Waals surface area contributed by atoms with E-state index in [0.29, 0.717) is 11.8 Å². The van der Waals surface area contributed by atoms with E-state index >= 15 is 0 Å². The fourth-order valence-corrected chi connectivity index (χ4v) is 0.934. The van der Waals surface area contributed by atoms with Gasteiger partial charge in [0.25, 0.3) is 0 Å². The van der Waals surface area contributed by atoms with Crippen LogP contribution in [0.15, 0.2) is 24.3 Å². The second-order valence-electron chi connectivity index (χ2n) is 2.52. The van der Waals surface area contributed by atoms with Crippen molar-refractivity contribution in [3.8, 4) is 0 Å². The summed E-state index contributed by atoms with van der Waals surface area (Å²) in [5.41, 5.74) is 1.42. The molecule has 0 aliphatic heterocycles. The third-order valence-electron chi connectivity index (χ3n) is 1.51. The molecule has 0 fully saturated rings. The van der Waals surface area contributed by atoms with Crippen molar-refractivity contribution >= 4 is 12.4 Å². The molecule has 0 aliphatic carbocycles. The van der Waals surface area contributed by atoms with Crippen molar-refractivity contribution in [1.82, 2.24) is 0 Å². The Morgan fingerprint density at radius 3 is 2.83 bits per heavy atom. The third-order valence-corrected chi connectivity index (χ3v) is 1.51. The molecule has 0 atom stereocenters. The first-order valence-corrected chi connectivity index (χ1v) is 3.62. The minimum atomic E-state index is -0.307. The van der Waals surface area contributed by atoms with Gasteiger partial charge in [-0.25, -0.2) is 4.39 Å². The predicted octanol–water partition coefficient (Wildman–Crippen LogP) is 2.35. The van der Waals surface area contributed by atoms with Crippen LogP contribution in [-0.4, -0.2) is 6.29 Å². The quantitative estimate of drug-likeness (QED) is 0.484. The molecule has 0 N–H and O–H groups in total. The average molecular weight is 164 g/mol. The molecule has 2 heteroatoms. The Balaban J connectivity index is 3.04. The second-order valence-corrected chi connectivity index (χ2v) is 2.52. The number of carbonyl (C=O) groups excluding carboxylic acids is 1. The normalized spacial score (nSPS) is 10.5. The molecule has 62 valence electrons. The zero-order valence-corrected chi connectivity index (χ0v) is 6.75. The molecule has 0 unspecified atom stereocenters. The van der Waals surface area contributed by atoms with Crippen molar-refractivity contribution in [3.63, 3.8) is 0 Å². The molecule has 0 spiro atoms. The van der Waals surface area contributed by atoms with Crippen molar-refractivity contribution in [3.05, 3.63) is 41.2 Å². The van der Waals surface area contributed by atoms with Crippen LogP contribution >= 0.6 is 0 Å². The lowest BCUT2D eigenvalue weighted by Crippen LogP contribution is -1.82. The minimum Gasteiger partial charge on any atom is -0.299 e. The second kappa shape index (κ2) is 3.81. The van der Waals surface area contributed by atoms with Crippen LogP contribution in [0.1, 0.15) is 11.1 Å². The lowest BCUT2D eigenvalue weighted by atomic mass is 10.1. The standard InChI is InChI=1S/C10H9FO/c1-8-4-5-10(11)9(7-8)3-2-6-12/h2-7H,1H3/b3-2+. The number of aldehydes is 1. The van der Waals surface area contributed by atoms with Crippen LogP contribution in [0.4, 0.5) is 4.39 Å². The van der Waals surface area contributed by atoms with Crippen molar-refractivity contribution in [2.45, 2.75) is 6.92 Å². The number of hydrogen-bond acceptors (Lipinski definition) is 1. The maximum absolute atomic E-state index is 12.9. The highest BCUT2D eigenvalue weighted by molar-refractivity contribution is 5.74. The Labute approximate surface area is 70.5 Å². The van der Waals surface area contributed by atoms with Gasteiger partial charge in [-0.2, -0.15) is 0 Å². The van der Waals surface area contributed by atoms with E-state index in [1.807, 2.05) is 6.92 Å². The Bertz CT molecular complexity index is 316. The molecule has 12 heavy (non-hydrogen) atoms. The minimum absolute atomic E-state index is 0.307. The number of hydrogen-bond donors (Lipinski definition) is 0. The zero-order chi connectivity index (χ0) is 8.97. The summed E-state index contributed by atoms with van der Waals surface area (Å²) in [7, 11) is 0. The van der Waals surface area contributed by atoms with Crippen LogP contribution in [-0.2, 0) is 4.79 Å². The molecule has 0 heterocycles. The monoisotopic (exact) mass is 164 g/mol. The summed E-state index contributed by atoms with van der Waals surface area (Å²) < 4.78 is 12.9. The molecule has 0 aromatic heterocycles. The summed E-state index contributed by atoms with van der Waals surface area (Å²) in [5.74, 6) is -0.307. The van der Waals surface area contributed by atoms with Crippen molar-refractivity contribution in [2.24, 2.45) is 0 Å². The highest BCUT2D eigenvalue weighted by Crippen LogP contribution is 2.10. The van der Waals surface area contributed by atoms with Gasteiger partial charge in [-0.15, -0.1) is 0 Å². The number of carbonyl (C=O) groups is 1. The van der Waals surface area contributed by atoms with Crippen LogP contribution in [0.5, 0.6) is 0 Å². The van der Waals surface area contributed by atoms with E-state index in [9.17, 15) is 9.18 Å². The number of rotatable bonds is 2. The van der Waals surface area contributed by atoms with E-state index in [4.69, 9.17) is 0 Å². The van der Waals surface area contributed by atoms with Gasteiger partial charge in [-0.05, 0) is 31.2 Å². The van der Waals surface area contributed by atoms with Gasteiger partial charge in [-0.3, -0.25) is 4.79 Å². The first kappa shape index (κ1) is 8.65. The van der Waals surface area contributed by atoms with Crippen LogP contribution in [0.2, 0.25) is 0 Å². The molecule has 1 rings (SSSR count). The Hall–Kier alpha value is -1.44. The third kappa shape index (κ3) is 2.02. The van der Waals surface area contributed by atoms with Crippen LogP contribution < -0.4 is 0 Å². The van der Waals surface area contributed by atoms with Gasteiger partial charge in [0.2, 0.25) is 0 Å². The molecule has 0 saturated heterocycles. The number of allylic oxidation sites excluding steroid dienone is 1. The van der Waals surface area contributed by atoms with Gasteiger partial charge in [0.15, 0.2) is 0 Å². The average Bonchev–Trinajstić information content (AvgIpc) is 2.07. The SMILES string of the molecule is Cc1ccc(F)c(/C=C/C=O)c1. The summed E-state index contributed by atoms with van der Waals surface area (Å²) in [4.78, 5) is 9.97. The smallest absolute Gasteiger partial charge is 0.142 e. The topological polar surface area (TPSA) is 17.1 Å². The summed E-state index contributed by atoms with van der Waals surface area (Å²) in [6, 6.07) is 4.77. The van der Waals surface area contributed by atoms with E-state index < -0.39 is 0 Å². The molecule has 0 aliphatic rings. The Kier molecular flexibility index (Phi) is 2.75. The highest BCUT2D eigenvalue weighted by Gasteiger charge is 1.96. The maximum Gasteiger partial charge on any atom is 0.142 e. The van der Waals surface area contributed by atoms with E-state index in [0.717, 1.165) is 5.56 Å². The van der Waals surface area contributed by atoms with Gasteiger partial charge in [0.05, 0.1) is 0 Å². The molecule has 1 aromatic carbocycles. The predicted molar refractivity (Wildman–Crippen MR) is 46.2 cm³/mol. The molecular formula is C10H9FO. The molecule has 1 nitrogen and oxygen atoms in total. The van der Waals surface area contributed by atoms with Crippen molar-refractivity contribution < 1.29 is 9.18 Å². The van der Waals surface area contributed by atoms with E-state index in [-0.39, 0.29) is 5.82 Å². The van der Waals surface area contributed by atoms with E-state index in [1.54, 1.807) is 12.1 Å². The molecular weight excluding hydrogens is 155 g/mol.